The summed E-state index contributed by atoms with van der Waals surface area (Å²) in [4.78, 5) is 20.6. The van der Waals surface area contributed by atoms with Crippen molar-refractivity contribution in [1.29, 1.82) is 0 Å². The van der Waals surface area contributed by atoms with Crippen molar-refractivity contribution in [2.24, 2.45) is 0 Å². The van der Waals surface area contributed by atoms with E-state index in [9.17, 15) is 9.59 Å². The van der Waals surface area contributed by atoms with Crippen molar-refractivity contribution in [2.45, 2.75) is 153 Å². The van der Waals surface area contributed by atoms with Crippen LogP contribution in [0.3, 0.4) is 0 Å². The van der Waals surface area contributed by atoms with Crippen molar-refractivity contribution >= 4 is 35.1 Å². The van der Waals surface area contributed by atoms with E-state index in [1.165, 1.54) is 44.9 Å². The van der Waals surface area contributed by atoms with Crippen molar-refractivity contribution in [1.82, 2.24) is 0 Å². The summed E-state index contributed by atoms with van der Waals surface area (Å²) in [5, 5.41) is 34.4. The standard InChI is InChI=1S/C15H28O4.C15H28O3.CH2Cl2/c16-12-8-3-1-2-5-9-13-14(19-13)10-6-4-7-11-15(17)18;16-14-12-10-8-6-4-2-1-3-5-7-9-11-13-15(17)18;2-1-3/h13-14,16H,1-12H2,(H,17,18);1,3,16H,2,4-14H2,(H,17,18);1H2/b;3-1+;/t13?,14-;;/m1../s1. The molecule has 0 aromatic heterocycles. The van der Waals surface area contributed by atoms with E-state index in [4.69, 9.17) is 48.4 Å². The Morgan fingerprint density at radius 1 is 0.550 bits per heavy atom. The van der Waals surface area contributed by atoms with Crippen LogP contribution in [0.15, 0.2) is 12.2 Å². The van der Waals surface area contributed by atoms with Crippen molar-refractivity contribution in [2.75, 3.05) is 18.6 Å². The monoisotopic (exact) mass is 612 g/mol. The third-order valence-electron chi connectivity index (χ3n) is 6.67. The molecule has 0 bridgehead atoms. The highest BCUT2D eigenvalue weighted by atomic mass is 35.5. The molecular formula is C31H58Cl2O7. The number of ether oxygens (including phenoxy) is 1. The second-order valence-electron chi connectivity index (χ2n) is 10.3. The first-order chi connectivity index (χ1) is 19.4. The van der Waals surface area contributed by atoms with Gasteiger partial charge in [-0.3, -0.25) is 9.59 Å². The van der Waals surface area contributed by atoms with E-state index in [1.54, 1.807) is 0 Å². The SMILES string of the molecule is ClCCl.O=C(O)CCCCC/C=C/CCCCCCCO.O=C(O)CCCCC[C@H]1OC1CCCCCCCO. The fourth-order valence-corrected chi connectivity index (χ4v) is 4.33. The van der Waals surface area contributed by atoms with Gasteiger partial charge in [-0.25, -0.2) is 0 Å². The van der Waals surface area contributed by atoms with Gasteiger partial charge in [0.1, 0.15) is 0 Å². The second kappa shape index (κ2) is 34.3. The predicted octanol–water partition coefficient (Wildman–Crippen LogP) is 8.45. The van der Waals surface area contributed by atoms with E-state index in [-0.39, 0.29) is 5.34 Å². The minimum Gasteiger partial charge on any atom is -0.481 e. The molecule has 7 nitrogen and oxygen atoms in total. The molecule has 1 aliphatic heterocycles. The van der Waals surface area contributed by atoms with Crippen LogP contribution in [0.2, 0.25) is 0 Å². The Kier molecular flexibility index (Phi) is 35.4. The molecular weight excluding hydrogens is 555 g/mol. The molecule has 1 fully saturated rings. The average molecular weight is 614 g/mol. The van der Waals surface area contributed by atoms with Gasteiger partial charge in [0, 0.05) is 26.1 Å². The van der Waals surface area contributed by atoms with E-state index in [0.29, 0.717) is 38.3 Å². The molecule has 1 aliphatic rings. The molecule has 0 aliphatic carbocycles. The van der Waals surface area contributed by atoms with Gasteiger partial charge >= 0.3 is 11.9 Å². The Hall–Kier alpha value is -0.860. The number of alkyl halides is 2. The van der Waals surface area contributed by atoms with Crippen LogP contribution in [0.1, 0.15) is 141 Å². The quantitative estimate of drug-likeness (QED) is 0.0334. The number of hydrogen-bond donors (Lipinski definition) is 4. The first kappa shape index (κ1) is 41.3. The van der Waals surface area contributed by atoms with Crippen LogP contribution in [-0.4, -0.2) is 63.1 Å². The van der Waals surface area contributed by atoms with Gasteiger partial charge in [0.15, 0.2) is 0 Å². The van der Waals surface area contributed by atoms with E-state index in [1.807, 2.05) is 0 Å². The fraction of sp³-hybridized carbons (Fsp3) is 0.871. The smallest absolute Gasteiger partial charge is 0.303 e. The maximum atomic E-state index is 10.3. The van der Waals surface area contributed by atoms with Crippen molar-refractivity contribution in [3.63, 3.8) is 0 Å². The van der Waals surface area contributed by atoms with Gasteiger partial charge in [-0.1, -0.05) is 76.4 Å². The average Bonchev–Trinajstić information content (AvgIpc) is 3.67. The highest BCUT2D eigenvalue weighted by molar-refractivity contribution is 6.40. The predicted molar refractivity (Wildman–Crippen MR) is 165 cm³/mol. The highest BCUT2D eigenvalue weighted by Gasteiger charge is 2.36. The number of rotatable bonds is 26. The van der Waals surface area contributed by atoms with Crippen LogP contribution >= 0.6 is 23.2 Å². The van der Waals surface area contributed by atoms with Crippen molar-refractivity contribution in [3.05, 3.63) is 12.2 Å². The van der Waals surface area contributed by atoms with Gasteiger partial charge in [-0.05, 0) is 64.2 Å². The van der Waals surface area contributed by atoms with E-state index < -0.39 is 11.9 Å². The molecule has 4 N–H and O–H groups in total. The molecule has 1 unspecified atom stereocenters. The lowest BCUT2D eigenvalue weighted by Gasteiger charge is -1.99. The van der Waals surface area contributed by atoms with Crippen LogP contribution in [-0.2, 0) is 14.3 Å². The van der Waals surface area contributed by atoms with Gasteiger partial charge in [-0.15, -0.1) is 23.2 Å². The fourth-order valence-electron chi connectivity index (χ4n) is 4.33. The van der Waals surface area contributed by atoms with E-state index in [2.05, 4.69) is 12.2 Å². The lowest BCUT2D eigenvalue weighted by atomic mass is 10.0. The zero-order valence-electron chi connectivity index (χ0n) is 24.8. The lowest BCUT2D eigenvalue weighted by Crippen LogP contribution is -1.96. The Morgan fingerprint density at radius 3 is 1.27 bits per heavy atom. The molecule has 0 spiro atoms. The normalized spacial score (nSPS) is 15.7. The third kappa shape index (κ3) is 37.1. The maximum Gasteiger partial charge on any atom is 0.303 e. The van der Waals surface area contributed by atoms with E-state index >= 15 is 0 Å². The molecule has 9 heteroatoms. The summed E-state index contributed by atoms with van der Waals surface area (Å²) in [7, 11) is 0. The summed E-state index contributed by atoms with van der Waals surface area (Å²) in [6.45, 7) is 0.636. The number of aliphatic carboxylic acids is 2. The number of allylic oxidation sites excluding steroid dienone is 2. The zero-order chi connectivity index (χ0) is 30.1. The van der Waals surface area contributed by atoms with Crippen LogP contribution in [0, 0.1) is 0 Å². The van der Waals surface area contributed by atoms with Crippen LogP contribution in [0.5, 0.6) is 0 Å². The summed E-state index contributed by atoms with van der Waals surface area (Å²) in [6.07, 6.45) is 27.8. The highest BCUT2D eigenvalue weighted by Crippen LogP contribution is 2.31. The first-order valence-electron chi connectivity index (χ1n) is 15.5. The Labute approximate surface area is 253 Å². The minimum absolute atomic E-state index is 0.194. The van der Waals surface area contributed by atoms with Gasteiger partial charge in [0.25, 0.3) is 0 Å². The van der Waals surface area contributed by atoms with E-state index in [0.717, 1.165) is 83.5 Å². The molecule has 2 atom stereocenters. The van der Waals surface area contributed by atoms with Gasteiger partial charge in [0.2, 0.25) is 0 Å². The first-order valence-corrected chi connectivity index (χ1v) is 16.6. The van der Waals surface area contributed by atoms with Crippen LogP contribution in [0.4, 0.5) is 0 Å². The van der Waals surface area contributed by atoms with Gasteiger partial charge < -0.3 is 25.2 Å². The maximum absolute atomic E-state index is 10.3. The summed E-state index contributed by atoms with van der Waals surface area (Å²) >= 11 is 9.53. The number of unbranched alkanes of at least 4 members (excludes halogenated alkanes) is 14. The lowest BCUT2D eigenvalue weighted by molar-refractivity contribution is -0.138. The number of aliphatic hydroxyl groups excluding tert-OH is 2. The minimum atomic E-state index is -0.693. The number of epoxide rings is 1. The molecule has 238 valence electrons. The summed E-state index contributed by atoms with van der Waals surface area (Å²) in [5.74, 6) is -1.38. The molecule has 1 rings (SSSR count). The molecule has 1 saturated heterocycles. The molecule has 1 heterocycles. The van der Waals surface area contributed by atoms with Crippen molar-refractivity contribution in [3.8, 4) is 0 Å². The molecule has 0 aromatic rings. The number of halogens is 2. The number of carboxylic acids is 2. The number of carboxylic acid groups (broad SMARTS) is 2. The van der Waals surface area contributed by atoms with Crippen LogP contribution < -0.4 is 0 Å². The summed E-state index contributed by atoms with van der Waals surface area (Å²) in [6, 6.07) is 0. The third-order valence-corrected chi connectivity index (χ3v) is 6.67. The molecule has 0 saturated carbocycles. The Morgan fingerprint density at radius 2 is 0.875 bits per heavy atom. The number of hydrogen-bond acceptors (Lipinski definition) is 5. The van der Waals surface area contributed by atoms with Crippen LogP contribution in [0.25, 0.3) is 0 Å². The summed E-state index contributed by atoms with van der Waals surface area (Å²) < 4.78 is 5.62. The Bertz CT molecular complexity index is 576. The molecule has 0 amide bonds. The number of aliphatic hydroxyl groups is 2. The number of carbonyl (C=O) groups is 2. The van der Waals surface area contributed by atoms with Gasteiger partial charge in [-0.2, -0.15) is 0 Å². The summed E-state index contributed by atoms with van der Waals surface area (Å²) in [5.41, 5.74) is 0. The second-order valence-corrected chi connectivity index (χ2v) is 11.1. The Balaban J connectivity index is 0. The molecule has 40 heavy (non-hydrogen) atoms. The largest absolute Gasteiger partial charge is 0.481 e. The topological polar surface area (TPSA) is 128 Å². The zero-order valence-corrected chi connectivity index (χ0v) is 26.3. The van der Waals surface area contributed by atoms with Gasteiger partial charge in [0.05, 0.1) is 17.5 Å². The molecule has 0 radical (unpaired) electrons. The molecule has 0 aromatic carbocycles. The van der Waals surface area contributed by atoms with Crippen molar-refractivity contribution < 1.29 is 34.8 Å².